The number of hydrogen-bond donors (Lipinski definition) is 1. The molecule has 1 atom stereocenters. The van der Waals surface area contributed by atoms with Crippen molar-refractivity contribution >= 4 is 21.6 Å². The highest BCUT2D eigenvalue weighted by Gasteiger charge is 2.25. The molecule has 0 heterocycles. The Labute approximate surface area is 119 Å². The molecule has 0 aliphatic carbocycles. The topological polar surface area (TPSA) is 88.2 Å². The van der Waals surface area contributed by atoms with Crippen LogP contribution >= 0.6 is 15.9 Å². The van der Waals surface area contributed by atoms with E-state index in [0.29, 0.717) is 11.0 Å². The average Bonchev–Trinajstić information content (AvgIpc) is 2.37. The number of nitro groups is 1. The van der Waals surface area contributed by atoms with Gasteiger partial charge in [0, 0.05) is 10.5 Å². The number of nitrogens with zero attached hydrogens (tertiary/aromatic N) is 2. The normalized spacial score (nSPS) is 13.4. The van der Waals surface area contributed by atoms with Gasteiger partial charge < -0.3 is 4.74 Å². The van der Waals surface area contributed by atoms with Crippen molar-refractivity contribution in [2.24, 2.45) is 0 Å². The maximum absolute atomic E-state index is 10.9. The van der Waals surface area contributed by atoms with Crippen LogP contribution in [0.25, 0.3) is 0 Å². The van der Waals surface area contributed by atoms with Gasteiger partial charge in [-0.1, -0.05) is 22.9 Å². The maximum atomic E-state index is 10.9. The van der Waals surface area contributed by atoms with E-state index < -0.39 is 10.5 Å². The lowest BCUT2D eigenvalue weighted by molar-refractivity contribution is -0.386. The van der Waals surface area contributed by atoms with Crippen LogP contribution in [0.15, 0.2) is 22.7 Å². The molecule has 7 heteroatoms. The zero-order chi connectivity index (χ0) is 14.5. The van der Waals surface area contributed by atoms with Crippen LogP contribution in [0, 0.1) is 21.4 Å². The van der Waals surface area contributed by atoms with E-state index in [-0.39, 0.29) is 18.0 Å². The Kier molecular flexibility index (Phi) is 5.27. The van der Waals surface area contributed by atoms with E-state index in [1.54, 1.807) is 13.0 Å². The second kappa shape index (κ2) is 6.50. The Balaban J connectivity index is 2.89. The molecule has 0 radical (unpaired) electrons. The Morgan fingerprint density at radius 3 is 2.84 bits per heavy atom. The summed E-state index contributed by atoms with van der Waals surface area (Å²) in [6, 6.07) is 6.62. The molecule has 1 unspecified atom stereocenters. The molecule has 1 N–H and O–H groups in total. The molecule has 0 fully saturated rings. The molecule has 0 aromatic heterocycles. The molecule has 0 amide bonds. The van der Waals surface area contributed by atoms with Crippen molar-refractivity contribution < 1.29 is 9.66 Å². The van der Waals surface area contributed by atoms with Gasteiger partial charge in [0.25, 0.3) is 0 Å². The van der Waals surface area contributed by atoms with E-state index in [4.69, 9.17) is 10.00 Å². The van der Waals surface area contributed by atoms with Gasteiger partial charge in [0.05, 0.1) is 11.0 Å². The summed E-state index contributed by atoms with van der Waals surface area (Å²) in [6.45, 7) is 4.19. The van der Waals surface area contributed by atoms with Gasteiger partial charge in [-0.15, -0.1) is 0 Å². The second-order valence-corrected chi connectivity index (χ2v) is 5.05. The van der Waals surface area contributed by atoms with E-state index in [1.807, 2.05) is 6.92 Å². The molecule has 0 aliphatic rings. The number of nitrogens with one attached hydrogen (secondary N) is 1. The summed E-state index contributed by atoms with van der Waals surface area (Å²) in [5.74, 6) is 0.146. The molecular weight excluding hydrogens is 314 g/mol. The number of benzene rings is 1. The zero-order valence-corrected chi connectivity index (χ0v) is 12.2. The molecule has 1 aromatic carbocycles. The Morgan fingerprint density at radius 2 is 2.32 bits per heavy atom. The van der Waals surface area contributed by atoms with Crippen LogP contribution in [0.2, 0.25) is 0 Å². The van der Waals surface area contributed by atoms with Crippen molar-refractivity contribution in [1.29, 1.82) is 5.26 Å². The molecule has 0 spiro atoms. The Hall–Kier alpha value is -1.65. The summed E-state index contributed by atoms with van der Waals surface area (Å²) in [7, 11) is 0. The summed E-state index contributed by atoms with van der Waals surface area (Å²) >= 11 is 3.17. The van der Waals surface area contributed by atoms with E-state index in [9.17, 15) is 10.1 Å². The first kappa shape index (κ1) is 15.4. The van der Waals surface area contributed by atoms with Gasteiger partial charge in [0.1, 0.15) is 12.1 Å². The Morgan fingerprint density at radius 1 is 1.63 bits per heavy atom. The molecular formula is C12H14BrN3O3. The van der Waals surface area contributed by atoms with E-state index in [0.717, 1.165) is 0 Å². The minimum absolute atomic E-state index is 0.0276. The molecule has 0 saturated carbocycles. The minimum Gasteiger partial charge on any atom is -0.484 e. The Bertz CT molecular complexity index is 515. The van der Waals surface area contributed by atoms with Crippen LogP contribution in [-0.2, 0) is 0 Å². The highest BCUT2D eigenvalue weighted by molar-refractivity contribution is 9.10. The number of likely N-dealkylation sites (N-methyl/N-ethyl adjacent to an activating group) is 1. The first-order valence-corrected chi connectivity index (χ1v) is 6.44. The van der Waals surface area contributed by atoms with Crippen LogP contribution in [0.3, 0.4) is 0 Å². The summed E-state index contributed by atoms with van der Waals surface area (Å²) in [5, 5.41) is 23.0. The number of ether oxygens (including phenoxy) is 1. The van der Waals surface area contributed by atoms with Crippen LogP contribution in [0.5, 0.6) is 5.75 Å². The number of nitro benzene ring substituents is 1. The minimum atomic E-state index is -0.879. The number of hydrogen-bond acceptors (Lipinski definition) is 5. The number of halogens is 1. The predicted molar refractivity (Wildman–Crippen MR) is 74.0 cm³/mol. The van der Waals surface area contributed by atoms with Crippen molar-refractivity contribution in [1.82, 2.24) is 5.32 Å². The van der Waals surface area contributed by atoms with Gasteiger partial charge in [0.15, 0.2) is 5.75 Å². The summed E-state index contributed by atoms with van der Waals surface area (Å²) in [5.41, 5.74) is -1.01. The first-order valence-electron chi connectivity index (χ1n) is 5.65. The molecule has 0 saturated heterocycles. The monoisotopic (exact) mass is 327 g/mol. The SMILES string of the molecule is CCNC(C)(C#N)COc1ccc(Br)cc1[N+](=O)[O-]. The molecule has 0 bridgehead atoms. The fourth-order valence-corrected chi connectivity index (χ4v) is 1.84. The molecule has 0 aliphatic heterocycles. The van der Waals surface area contributed by atoms with Gasteiger partial charge >= 0.3 is 5.69 Å². The molecule has 6 nitrogen and oxygen atoms in total. The van der Waals surface area contributed by atoms with Crippen LogP contribution in [0.4, 0.5) is 5.69 Å². The number of nitriles is 1. The summed E-state index contributed by atoms with van der Waals surface area (Å²) in [6.07, 6.45) is 0. The quantitative estimate of drug-likeness (QED) is 0.640. The predicted octanol–water partition coefficient (Wildman–Crippen LogP) is 2.63. The van der Waals surface area contributed by atoms with Crippen molar-refractivity contribution in [2.45, 2.75) is 19.4 Å². The highest BCUT2D eigenvalue weighted by atomic mass is 79.9. The lowest BCUT2D eigenvalue weighted by atomic mass is 10.1. The highest BCUT2D eigenvalue weighted by Crippen LogP contribution is 2.30. The lowest BCUT2D eigenvalue weighted by Gasteiger charge is -2.22. The number of rotatable bonds is 6. The zero-order valence-electron chi connectivity index (χ0n) is 10.6. The van der Waals surface area contributed by atoms with Gasteiger partial charge in [0.2, 0.25) is 0 Å². The molecule has 1 rings (SSSR count). The summed E-state index contributed by atoms with van der Waals surface area (Å²) < 4.78 is 6.01. The third kappa shape index (κ3) is 4.19. The smallest absolute Gasteiger partial charge is 0.312 e. The third-order valence-corrected chi connectivity index (χ3v) is 2.94. The lowest BCUT2D eigenvalue weighted by Crippen LogP contribution is -2.46. The molecule has 102 valence electrons. The third-order valence-electron chi connectivity index (χ3n) is 2.45. The van der Waals surface area contributed by atoms with Crippen molar-refractivity contribution in [3.63, 3.8) is 0 Å². The largest absolute Gasteiger partial charge is 0.484 e. The van der Waals surface area contributed by atoms with Crippen molar-refractivity contribution in [3.8, 4) is 11.8 Å². The van der Waals surface area contributed by atoms with Gasteiger partial charge in [-0.25, -0.2) is 0 Å². The van der Waals surface area contributed by atoms with Crippen LogP contribution in [0.1, 0.15) is 13.8 Å². The summed E-state index contributed by atoms with van der Waals surface area (Å²) in [4.78, 5) is 10.4. The standard InChI is InChI=1S/C12H14BrN3O3/c1-3-15-12(2,7-14)8-19-11-5-4-9(13)6-10(11)16(17)18/h4-6,15H,3,8H2,1-2H3. The fraction of sp³-hybridized carbons (Fsp3) is 0.417. The first-order chi connectivity index (χ1) is 8.91. The van der Waals surface area contributed by atoms with Crippen molar-refractivity contribution in [2.75, 3.05) is 13.2 Å². The molecule has 19 heavy (non-hydrogen) atoms. The molecule has 1 aromatic rings. The van der Waals surface area contributed by atoms with Gasteiger partial charge in [-0.3, -0.25) is 15.4 Å². The fourth-order valence-electron chi connectivity index (χ4n) is 1.49. The van der Waals surface area contributed by atoms with Crippen molar-refractivity contribution in [3.05, 3.63) is 32.8 Å². The van der Waals surface area contributed by atoms with E-state index >= 15 is 0 Å². The van der Waals surface area contributed by atoms with Crippen LogP contribution < -0.4 is 10.1 Å². The van der Waals surface area contributed by atoms with Gasteiger partial charge in [-0.2, -0.15) is 5.26 Å². The van der Waals surface area contributed by atoms with Gasteiger partial charge in [-0.05, 0) is 25.6 Å². The average molecular weight is 328 g/mol. The maximum Gasteiger partial charge on any atom is 0.312 e. The van der Waals surface area contributed by atoms with E-state index in [1.165, 1.54) is 12.1 Å². The van der Waals surface area contributed by atoms with Crippen LogP contribution in [-0.4, -0.2) is 23.6 Å². The second-order valence-electron chi connectivity index (χ2n) is 4.13. The van der Waals surface area contributed by atoms with E-state index in [2.05, 4.69) is 27.3 Å².